The van der Waals surface area contributed by atoms with Gasteiger partial charge >= 0.3 is 0 Å². The third-order valence-corrected chi connectivity index (χ3v) is 8.01. The van der Waals surface area contributed by atoms with Gasteiger partial charge in [-0.1, -0.05) is 48.4 Å². The number of sulfonamides is 1. The normalized spacial score (nSPS) is 15.0. The standard InChI is InChI=1S/C23H25N3O3S2/c1-17-5-9-19(10-6-17)21-16-30-23(24-21)25-22(27)15-18-7-11-20(12-8-18)31(28,29)26-13-3-2-4-14-26/h5-12,16H,2-4,13-15H2,1H3,(H,24,25,27). The van der Waals surface area contributed by atoms with Crippen LogP contribution in [0.2, 0.25) is 0 Å². The molecule has 3 aromatic rings. The summed E-state index contributed by atoms with van der Waals surface area (Å²) in [6.45, 7) is 3.18. The molecule has 2 heterocycles. The molecule has 31 heavy (non-hydrogen) atoms. The molecule has 0 bridgehead atoms. The maximum atomic E-state index is 12.7. The van der Waals surface area contributed by atoms with Crippen molar-refractivity contribution in [2.24, 2.45) is 0 Å². The molecule has 1 aromatic heterocycles. The Kier molecular flexibility index (Phi) is 6.50. The van der Waals surface area contributed by atoms with E-state index in [-0.39, 0.29) is 17.2 Å². The minimum atomic E-state index is -3.46. The van der Waals surface area contributed by atoms with Crippen LogP contribution in [0.3, 0.4) is 0 Å². The number of carbonyl (C=O) groups excluding carboxylic acids is 1. The fourth-order valence-corrected chi connectivity index (χ4v) is 5.82. The molecule has 1 amide bonds. The highest BCUT2D eigenvalue weighted by Gasteiger charge is 2.25. The van der Waals surface area contributed by atoms with Crippen molar-refractivity contribution in [2.75, 3.05) is 18.4 Å². The minimum absolute atomic E-state index is 0.156. The van der Waals surface area contributed by atoms with Crippen molar-refractivity contribution in [2.45, 2.75) is 37.5 Å². The molecule has 1 N–H and O–H groups in total. The second-order valence-electron chi connectivity index (χ2n) is 7.74. The van der Waals surface area contributed by atoms with Gasteiger partial charge in [-0.15, -0.1) is 11.3 Å². The summed E-state index contributed by atoms with van der Waals surface area (Å²) >= 11 is 1.38. The van der Waals surface area contributed by atoms with Gasteiger partial charge in [-0.25, -0.2) is 13.4 Å². The number of nitrogens with one attached hydrogen (secondary N) is 1. The summed E-state index contributed by atoms with van der Waals surface area (Å²) in [5, 5.41) is 5.29. The lowest BCUT2D eigenvalue weighted by Crippen LogP contribution is -2.35. The van der Waals surface area contributed by atoms with Crippen LogP contribution in [0.5, 0.6) is 0 Å². The van der Waals surface area contributed by atoms with Crippen molar-refractivity contribution in [1.82, 2.24) is 9.29 Å². The molecule has 1 aliphatic rings. The van der Waals surface area contributed by atoms with E-state index in [4.69, 9.17) is 0 Å². The number of piperidine rings is 1. The molecule has 8 heteroatoms. The van der Waals surface area contributed by atoms with Gasteiger partial charge in [0.15, 0.2) is 5.13 Å². The number of anilines is 1. The molecule has 1 aliphatic heterocycles. The van der Waals surface area contributed by atoms with E-state index in [1.165, 1.54) is 16.9 Å². The maximum Gasteiger partial charge on any atom is 0.243 e. The van der Waals surface area contributed by atoms with Crippen LogP contribution in [0, 0.1) is 6.92 Å². The molecule has 4 rings (SSSR count). The zero-order chi connectivity index (χ0) is 21.8. The average Bonchev–Trinajstić information content (AvgIpc) is 3.23. The van der Waals surface area contributed by atoms with Crippen LogP contribution in [0.4, 0.5) is 5.13 Å². The fourth-order valence-electron chi connectivity index (χ4n) is 3.57. The van der Waals surface area contributed by atoms with E-state index in [1.54, 1.807) is 28.6 Å². The first kappa shape index (κ1) is 21.7. The first-order valence-corrected chi connectivity index (χ1v) is 12.7. The molecule has 0 unspecified atom stereocenters. The quantitative estimate of drug-likeness (QED) is 0.595. The molecule has 0 spiro atoms. The highest BCUT2D eigenvalue weighted by Crippen LogP contribution is 2.25. The number of thiazole rings is 1. The van der Waals surface area contributed by atoms with Crippen molar-refractivity contribution >= 4 is 32.4 Å². The Labute approximate surface area is 187 Å². The lowest BCUT2D eigenvalue weighted by atomic mass is 10.1. The van der Waals surface area contributed by atoms with Gasteiger partial charge in [-0.05, 0) is 37.5 Å². The van der Waals surface area contributed by atoms with Crippen molar-refractivity contribution in [3.8, 4) is 11.3 Å². The average molecular weight is 456 g/mol. The maximum absolute atomic E-state index is 12.7. The van der Waals surface area contributed by atoms with E-state index in [2.05, 4.69) is 10.3 Å². The molecular formula is C23H25N3O3S2. The predicted octanol–water partition coefficient (Wildman–Crippen LogP) is 4.47. The smallest absolute Gasteiger partial charge is 0.243 e. The lowest BCUT2D eigenvalue weighted by molar-refractivity contribution is -0.115. The number of benzene rings is 2. The van der Waals surface area contributed by atoms with Crippen molar-refractivity contribution in [3.05, 3.63) is 65.0 Å². The van der Waals surface area contributed by atoms with Crippen molar-refractivity contribution < 1.29 is 13.2 Å². The molecule has 0 radical (unpaired) electrons. The predicted molar refractivity (Wildman–Crippen MR) is 124 cm³/mol. The van der Waals surface area contributed by atoms with Gasteiger partial charge in [0.05, 0.1) is 17.0 Å². The third kappa shape index (κ3) is 5.20. The lowest BCUT2D eigenvalue weighted by Gasteiger charge is -2.25. The Morgan fingerprint density at radius 2 is 1.71 bits per heavy atom. The van der Waals surface area contributed by atoms with Crippen LogP contribution in [-0.4, -0.2) is 36.7 Å². The minimum Gasteiger partial charge on any atom is -0.302 e. The van der Waals surface area contributed by atoms with Gasteiger partial charge in [-0.2, -0.15) is 4.31 Å². The van der Waals surface area contributed by atoms with Gasteiger partial charge in [-0.3, -0.25) is 4.79 Å². The molecule has 162 valence electrons. The van der Waals surface area contributed by atoms with Gasteiger partial charge in [0.1, 0.15) is 0 Å². The monoisotopic (exact) mass is 455 g/mol. The second-order valence-corrected chi connectivity index (χ2v) is 10.5. The number of hydrogen-bond donors (Lipinski definition) is 1. The number of hydrogen-bond acceptors (Lipinski definition) is 5. The number of rotatable bonds is 6. The Hall–Kier alpha value is -2.55. The van der Waals surface area contributed by atoms with Gasteiger partial charge in [0.2, 0.25) is 15.9 Å². The van der Waals surface area contributed by atoms with E-state index < -0.39 is 10.0 Å². The highest BCUT2D eigenvalue weighted by molar-refractivity contribution is 7.89. The molecular weight excluding hydrogens is 430 g/mol. The second kappa shape index (κ2) is 9.30. The summed E-state index contributed by atoms with van der Waals surface area (Å²) in [6, 6.07) is 14.7. The number of aromatic nitrogens is 1. The summed E-state index contributed by atoms with van der Waals surface area (Å²) in [5.74, 6) is -0.184. The van der Waals surface area contributed by atoms with E-state index in [1.807, 2.05) is 36.6 Å². The summed E-state index contributed by atoms with van der Waals surface area (Å²) in [7, 11) is -3.46. The molecule has 2 aromatic carbocycles. The zero-order valence-corrected chi connectivity index (χ0v) is 19.0. The number of amides is 1. The number of aryl methyl sites for hydroxylation is 1. The summed E-state index contributed by atoms with van der Waals surface area (Å²) in [6.07, 6.45) is 3.04. The van der Waals surface area contributed by atoms with E-state index in [9.17, 15) is 13.2 Å². The van der Waals surface area contributed by atoms with Crippen LogP contribution < -0.4 is 5.32 Å². The molecule has 6 nitrogen and oxygen atoms in total. The van der Waals surface area contributed by atoms with Crippen LogP contribution in [-0.2, 0) is 21.2 Å². The first-order chi connectivity index (χ1) is 14.9. The fraction of sp³-hybridized carbons (Fsp3) is 0.304. The first-order valence-electron chi connectivity index (χ1n) is 10.3. The molecule has 0 atom stereocenters. The van der Waals surface area contributed by atoms with E-state index in [0.717, 1.165) is 36.1 Å². The Balaban J connectivity index is 1.37. The Bertz CT molecular complexity index is 1150. The third-order valence-electron chi connectivity index (χ3n) is 5.34. The summed E-state index contributed by atoms with van der Waals surface area (Å²) in [4.78, 5) is 17.2. The summed E-state index contributed by atoms with van der Waals surface area (Å²) < 4.78 is 27.0. The Morgan fingerprint density at radius 3 is 2.39 bits per heavy atom. The molecule has 1 fully saturated rings. The van der Waals surface area contributed by atoms with Crippen LogP contribution in [0.1, 0.15) is 30.4 Å². The Morgan fingerprint density at radius 1 is 1.03 bits per heavy atom. The topological polar surface area (TPSA) is 79.4 Å². The largest absolute Gasteiger partial charge is 0.302 e. The molecule has 0 aliphatic carbocycles. The van der Waals surface area contributed by atoms with Gasteiger partial charge in [0.25, 0.3) is 0 Å². The number of carbonyl (C=O) groups is 1. The van der Waals surface area contributed by atoms with Crippen LogP contribution in [0.15, 0.2) is 58.8 Å². The van der Waals surface area contributed by atoms with Crippen molar-refractivity contribution in [1.29, 1.82) is 0 Å². The molecule has 1 saturated heterocycles. The molecule has 0 saturated carbocycles. The van der Waals surface area contributed by atoms with E-state index >= 15 is 0 Å². The van der Waals surface area contributed by atoms with Crippen LogP contribution in [0.25, 0.3) is 11.3 Å². The number of nitrogens with zero attached hydrogens (tertiary/aromatic N) is 2. The summed E-state index contributed by atoms with van der Waals surface area (Å²) in [5.41, 5.74) is 3.77. The van der Waals surface area contributed by atoms with Gasteiger partial charge in [0, 0.05) is 24.0 Å². The van der Waals surface area contributed by atoms with Gasteiger partial charge < -0.3 is 5.32 Å². The SMILES string of the molecule is Cc1ccc(-c2csc(NC(=O)Cc3ccc(S(=O)(=O)N4CCCCC4)cc3)n2)cc1. The van der Waals surface area contributed by atoms with Crippen LogP contribution >= 0.6 is 11.3 Å². The van der Waals surface area contributed by atoms with E-state index in [0.29, 0.717) is 18.2 Å². The zero-order valence-electron chi connectivity index (χ0n) is 17.4. The van der Waals surface area contributed by atoms with Crippen molar-refractivity contribution in [3.63, 3.8) is 0 Å². The highest BCUT2D eigenvalue weighted by atomic mass is 32.2.